The number of hydrogen-bond acceptors (Lipinski definition) is 4. The second-order valence-corrected chi connectivity index (χ2v) is 11.0. The summed E-state index contributed by atoms with van der Waals surface area (Å²) in [6.45, 7) is 8.71. The molecule has 4 aliphatic carbocycles. The number of ether oxygens (including phenoxy) is 2. The lowest BCUT2D eigenvalue weighted by Crippen LogP contribution is -2.16. The third kappa shape index (κ3) is 4.52. The van der Waals surface area contributed by atoms with Crippen LogP contribution in [0, 0.1) is 25.6 Å². The summed E-state index contributed by atoms with van der Waals surface area (Å²) >= 11 is 0. The summed E-state index contributed by atoms with van der Waals surface area (Å²) in [4.78, 5) is 11.4. The van der Waals surface area contributed by atoms with Crippen LogP contribution in [0.4, 0.5) is 4.39 Å². The Morgan fingerprint density at radius 1 is 1.18 bits per heavy atom. The van der Waals surface area contributed by atoms with E-state index in [0.29, 0.717) is 30.6 Å². The van der Waals surface area contributed by atoms with Gasteiger partial charge in [-0.1, -0.05) is 12.6 Å². The van der Waals surface area contributed by atoms with E-state index >= 15 is 0 Å². The second kappa shape index (κ2) is 9.07. The Bertz CT molecular complexity index is 1450. The van der Waals surface area contributed by atoms with Crippen molar-refractivity contribution in [2.24, 2.45) is 5.92 Å². The van der Waals surface area contributed by atoms with Crippen LogP contribution >= 0.6 is 0 Å². The number of aliphatic hydroxyl groups is 1. The molecule has 5 nitrogen and oxygen atoms in total. The van der Waals surface area contributed by atoms with Gasteiger partial charge in [0.25, 0.3) is 0 Å². The molecular weight excluding hydrogens is 483 g/mol. The molecular formula is C32H31FO5. The van der Waals surface area contributed by atoms with Crippen molar-refractivity contribution in [3.8, 4) is 16.9 Å². The minimum absolute atomic E-state index is 0.0125. The first-order valence-corrected chi connectivity index (χ1v) is 13.1. The van der Waals surface area contributed by atoms with Crippen molar-refractivity contribution < 1.29 is 28.9 Å². The van der Waals surface area contributed by atoms with Crippen LogP contribution in [0.25, 0.3) is 11.1 Å². The number of aryl methyl sites for hydroxylation is 2. The minimum atomic E-state index is -0.842. The van der Waals surface area contributed by atoms with Crippen molar-refractivity contribution in [2.45, 2.75) is 57.8 Å². The number of carboxylic acids is 1. The number of aliphatic carboxylic acids is 1. The van der Waals surface area contributed by atoms with Crippen molar-refractivity contribution in [1.29, 1.82) is 0 Å². The molecule has 0 heterocycles. The molecule has 2 fully saturated rings. The summed E-state index contributed by atoms with van der Waals surface area (Å²) in [5.74, 6) is -0.389. The molecule has 2 aromatic carbocycles. The molecule has 0 aromatic heterocycles. The molecule has 0 aliphatic heterocycles. The molecule has 6 heteroatoms. The Morgan fingerprint density at radius 2 is 1.92 bits per heavy atom. The normalized spacial score (nSPS) is 22.5. The first kappa shape index (κ1) is 24.8. The maximum absolute atomic E-state index is 14.8. The first-order valence-electron chi connectivity index (χ1n) is 13.1. The lowest BCUT2D eigenvalue weighted by atomic mass is 9.93. The quantitative estimate of drug-likeness (QED) is 0.421. The van der Waals surface area contributed by atoms with Crippen molar-refractivity contribution in [1.82, 2.24) is 0 Å². The number of carbonyl (C=O) groups is 1. The third-order valence-electron chi connectivity index (χ3n) is 8.16. The van der Waals surface area contributed by atoms with Crippen LogP contribution in [-0.2, 0) is 16.1 Å². The topological polar surface area (TPSA) is 76.0 Å². The molecule has 2 aromatic rings. The predicted molar refractivity (Wildman–Crippen MR) is 142 cm³/mol. The molecule has 0 radical (unpaired) electrons. The standard InChI is InChI=1S/C32H31FO5/c1-17-12-24-21(14-25-29(24)30(25)31(34)35)15-27(17)38-16-22-13-20(4-5-26(22)33)28-18(2)10-23(11-19(28)3)37-9-8-32(36)6-7-32/h4-5,10-13,15,25,27,36H,1,6-9,14,16H2,2-3H3,(H,34,35). The fraction of sp³-hybridized carbons (Fsp3) is 0.344. The van der Waals surface area contributed by atoms with Gasteiger partial charge in [0.2, 0.25) is 0 Å². The maximum Gasteiger partial charge on any atom is 0.332 e. The monoisotopic (exact) mass is 514 g/mol. The van der Waals surface area contributed by atoms with E-state index in [-0.39, 0.29) is 24.4 Å². The van der Waals surface area contributed by atoms with Crippen molar-refractivity contribution in [2.75, 3.05) is 6.61 Å². The van der Waals surface area contributed by atoms with Crippen molar-refractivity contribution in [3.63, 3.8) is 0 Å². The Kier molecular flexibility index (Phi) is 5.93. The average Bonchev–Trinajstić information content (AvgIpc) is 3.74. The molecule has 38 heavy (non-hydrogen) atoms. The number of halogens is 1. The molecule has 2 N–H and O–H groups in total. The maximum atomic E-state index is 14.8. The molecule has 6 rings (SSSR count). The number of benzene rings is 2. The highest BCUT2D eigenvalue weighted by atomic mass is 19.1. The molecule has 0 spiro atoms. The van der Waals surface area contributed by atoms with Gasteiger partial charge in [-0.15, -0.1) is 0 Å². The first-order chi connectivity index (χ1) is 18.1. The van der Waals surface area contributed by atoms with Gasteiger partial charge in [0.1, 0.15) is 17.7 Å². The summed E-state index contributed by atoms with van der Waals surface area (Å²) < 4.78 is 26.8. The Hall–Kier alpha value is -3.48. The van der Waals surface area contributed by atoms with Gasteiger partial charge in [-0.2, -0.15) is 0 Å². The zero-order valence-electron chi connectivity index (χ0n) is 21.6. The number of allylic oxidation sites excluding steroid dienone is 3. The number of hydrogen-bond donors (Lipinski definition) is 2. The summed E-state index contributed by atoms with van der Waals surface area (Å²) in [7, 11) is 0. The van der Waals surface area contributed by atoms with Gasteiger partial charge >= 0.3 is 5.97 Å². The number of fused-ring (bicyclic) bond motifs is 3. The molecule has 0 amide bonds. The molecule has 2 saturated carbocycles. The number of rotatable bonds is 9. The van der Waals surface area contributed by atoms with Gasteiger partial charge in [0.05, 0.1) is 18.8 Å². The van der Waals surface area contributed by atoms with Crippen LogP contribution in [0.3, 0.4) is 0 Å². The van der Waals surface area contributed by atoms with E-state index in [1.807, 2.05) is 44.2 Å². The molecule has 0 bridgehead atoms. The van der Waals surface area contributed by atoms with Crippen LogP contribution in [0.2, 0.25) is 0 Å². The largest absolute Gasteiger partial charge is 0.493 e. The SMILES string of the molecule is C=C1C=C2C(=CC1OCc1cc(-c3c(C)cc(OCCC4(O)CC4)cc3C)ccc1F)CC1C(C(=O)O)=C21. The highest BCUT2D eigenvalue weighted by Crippen LogP contribution is 2.58. The van der Waals surface area contributed by atoms with E-state index in [9.17, 15) is 19.4 Å². The van der Waals surface area contributed by atoms with E-state index in [1.54, 1.807) is 6.07 Å². The molecule has 2 unspecified atom stereocenters. The van der Waals surface area contributed by atoms with E-state index in [2.05, 4.69) is 6.58 Å². The third-order valence-corrected chi connectivity index (χ3v) is 8.16. The van der Waals surface area contributed by atoms with E-state index in [4.69, 9.17) is 9.47 Å². The van der Waals surface area contributed by atoms with Crippen LogP contribution < -0.4 is 4.74 Å². The zero-order chi connectivity index (χ0) is 26.8. The van der Waals surface area contributed by atoms with E-state index in [1.165, 1.54) is 6.07 Å². The summed E-state index contributed by atoms with van der Waals surface area (Å²) in [6.07, 6.45) is 6.54. The Morgan fingerprint density at radius 3 is 2.61 bits per heavy atom. The summed E-state index contributed by atoms with van der Waals surface area (Å²) in [5.41, 5.74) is 8.15. The molecule has 4 aliphatic rings. The van der Waals surface area contributed by atoms with Crippen LogP contribution in [0.5, 0.6) is 5.75 Å². The Balaban J connectivity index is 1.15. The highest BCUT2D eigenvalue weighted by molar-refractivity contribution is 5.99. The van der Waals surface area contributed by atoms with Crippen LogP contribution in [0.1, 0.15) is 42.4 Å². The van der Waals surface area contributed by atoms with Gasteiger partial charge in [0, 0.05) is 23.5 Å². The van der Waals surface area contributed by atoms with Crippen LogP contribution in [0.15, 0.2) is 76.9 Å². The molecule has 0 saturated heterocycles. The summed E-state index contributed by atoms with van der Waals surface area (Å²) in [6, 6.07) is 9.07. The lowest BCUT2D eigenvalue weighted by Gasteiger charge is -2.22. The van der Waals surface area contributed by atoms with E-state index in [0.717, 1.165) is 63.1 Å². The highest BCUT2D eigenvalue weighted by Gasteiger charge is 2.50. The van der Waals surface area contributed by atoms with Gasteiger partial charge in [-0.05, 0) is 114 Å². The number of carboxylic acid groups (broad SMARTS) is 1. The van der Waals surface area contributed by atoms with Gasteiger partial charge in [-0.25, -0.2) is 9.18 Å². The second-order valence-electron chi connectivity index (χ2n) is 11.0. The fourth-order valence-corrected chi connectivity index (χ4v) is 5.85. The lowest BCUT2D eigenvalue weighted by molar-refractivity contribution is -0.132. The molecule has 196 valence electrons. The van der Waals surface area contributed by atoms with Crippen molar-refractivity contribution >= 4 is 5.97 Å². The van der Waals surface area contributed by atoms with Gasteiger partial charge < -0.3 is 19.7 Å². The fourth-order valence-electron chi connectivity index (χ4n) is 5.85. The minimum Gasteiger partial charge on any atom is -0.493 e. The van der Waals surface area contributed by atoms with Gasteiger partial charge in [0.15, 0.2) is 0 Å². The zero-order valence-corrected chi connectivity index (χ0v) is 21.6. The average molecular weight is 515 g/mol. The Labute approximate surface area is 221 Å². The van der Waals surface area contributed by atoms with Crippen LogP contribution in [-0.4, -0.2) is 34.5 Å². The van der Waals surface area contributed by atoms with E-state index < -0.39 is 11.6 Å². The molecule has 2 atom stereocenters. The van der Waals surface area contributed by atoms with Gasteiger partial charge in [-0.3, -0.25) is 0 Å². The predicted octanol–water partition coefficient (Wildman–Crippen LogP) is 6.13. The van der Waals surface area contributed by atoms with Crippen molar-refractivity contribution in [3.05, 3.63) is 99.4 Å². The smallest absolute Gasteiger partial charge is 0.332 e. The summed E-state index contributed by atoms with van der Waals surface area (Å²) in [5, 5.41) is 19.3.